The molecule has 43 heavy (non-hydrogen) atoms. The number of amides is 2. The van der Waals surface area contributed by atoms with Gasteiger partial charge in [0.05, 0.1) is 21.2 Å². The number of alkyl halides is 3. The highest BCUT2D eigenvalue weighted by atomic mass is 35.5. The van der Waals surface area contributed by atoms with Crippen LogP contribution in [0.25, 0.3) is 0 Å². The molecule has 1 N–H and O–H groups in total. The third kappa shape index (κ3) is 8.29. The molecular weight excluding hydrogens is 603 g/mol. The van der Waals surface area contributed by atoms with E-state index in [1.165, 1.54) is 29.2 Å². The fraction of sp³-hybridized carbons (Fsp3) is 0.355. The molecule has 0 saturated heterocycles. The van der Waals surface area contributed by atoms with Crippen LogP contribution in [0.4, 0.5) is 18.9 Å². The van der Waals surface area contributed by atoms with Crippen LogP contribution >= 0.6 is 11.6 Å². The fourth-order valence-electron chi connectivity index (χ4n) is 4.47. The lowest BCUT2D eigenvalue weighted by Gasteiger charge is -2.34. The standard InChI is InChI=1S/C31H35ClF3N3O4S/c1-5-22(4)36-30(40)28(6-2)37(19-23-13-11-10-12-21(23)3)29(39)20-38(43(41,42)25-14-8-7-9-15-25)24-16-17-27(32)26(18-24)31(33,34)35/h7-18,22,28H,5-6,19-20H2,1-4H3,(H,36,40)/t22-,28+/m1/s1. The van der Waals surface area contributed by atoms with Gasteiger partial charge in [-0.05, 0) is 68.1 Å². The van der Waals surface area contributed by atoms with Gasteiger partial charge in [0.25, 0.3) is 10.0 Å². The minimum Gasteiger partial charge on any atom is -0.352 e. The fourth-order valence-corrected chi connectivity index (χ4v) is 6.12. The summed E-state index contributed by atoms with van der Waals surface area (Å²) in [4.78, 5) is 28.5. The van der Waals surface area contributed by atoms with E-state index in [1.54, 1.807) is 25.1 Å². The van der Waals surface area contributed by atoms with Crippen molar-refractivity contribution in [2.75, 3.05) is 10.8 Å². The van der Waals surface area contributed by atoms with Gasteiger partial charge >= 0.3 is 6.18 Å². The number of anilines is 1. The number of sulfonamides is 1. The van der Waals surface area contributed by atoms with Crippen LogP contribution in [-0.4, -0.2) is 43.8 Å². The third-order valence-corrected chi connectivity index (χ3v) is 9.26. The Hall–Kier alpha value is -3.57. The van der Waals surface area contributed by atoms with E-state index in [2.05, 4.69) is 5.32 Å². The van der Waals surface area contributed by atoms with Gasteiger partial charge in [0.2, 0.25) is 11.8 Å². The van der Waals surface area contributed by atoms with E-state index in [-0.39, 0.29) is 23.9 Å². The average Bonchev–Trinajstić information content (AvgIpc) is 2.96. The Morgan fingerprint density at radius 1 is 0.953 bits per heavy atom. The summed E-state index contributed by atoms with van der Waals surface area (Å²) in [5, 5.41) is 2.27. The largest absolute Gasteiger partial charge is 0.417 e. The third-order valence-electron chi connectivity index (χ3n) is 7.14. The molecule has 0 spiro atoms. The van der Waals surface area contributed by atoms with Gasteiger partial charge in [0, 0.05) is 12.6 Å². The normalized spacial score (nSPS) is 13.2. The second-order valence-corrected chi connectivity index (χ2v) is 12.4. The Morgan fingerprint density at radius 3 is 2.16 bits per heavy atom. The summed E-state index contributed by atoms with van der Waals surface area (Å²) in [7, 11) is -4.54. The van der Waals surface area contributed by atoms with Crippen molar-refractivity contribution < 1.29 is 31.2 Å². The zero-order chi connectivity index (χ0) is 31.9. The SMILES string of the molecule is CC[C@@H](C)NC(=O)[C@H](CC)N(Cc1ccccc1C)C(=O)CN(c1ccc(Cl)c(C(F)(F)F)c1)S(=O)(=O)c1ccccc1. The van der Waals surface area contributed by atoms with Crippen molar-refractivity contribution in [3.8, 4) is 0 Å². The summed E-state index contributed by atoms with van der Waals surface area (Å²) in [6.45, 7) is 6.41. The predicted octanol–water partition coefficient (Wildman–Crippen LogP) is 6.58. The number of nitrogens with one attached hydrogen (secondary N) is 1. The molecule has 3 aromatic rings. The highest BCUT2D eigenvalue weighted by Crippen LogP contribution is 2.38. The van der Waals surface area contributed by atoms with Crippen molar-refractivity contribution in [3.63, 3.8) is 0 Å². The number of benzene rings is 3. The summed E-state index contributed by atoms with van der Waals surface area (Å²) in [6, 6.07) is 15.8. The van der Waals surface area contributed by atoms with Crippen molar-refractivity contribution >= 4 is 39.1 Å². The van der Waals surface area contributed by atoms with Crippen LogP contribution in [0, 0.1) is 6.92 Å². The number of carbonyl (C=O) groups excluding carboxylic acids is 2. The molecule has 7 nitrogen and oxygen atoms in total. The molecule has 0 aliphatic carbocycles. The lowest BCUT2D eigenvalue weighted by Crippen LogP contribution is -2.53. The molecule has 0 aliphatic rings. The molecule has 0 unspecified atom stereocenters. The maximum absolute atomic E-state index is 14.1. The molecule has 0 bridgehead atoms. The van der Waals surface area contributed by atoms with Gasteiger partial charge in [-0.2, -0.15) is 13.2 Å². The van der Waals surface area contributed by atoms with E-state index < -0.39 is 56.9 Å². The highest BCUT2D eigenvalue weighted by molar-refractivity contribution is 7.92. The van der Waals surface area contributed by atoms with E-state index in [4.69, 9.17) is 11.6 Å². The molecule has 0 radical (unpaired) electrons. The number of halogens is 4. The number of nitrogens with zero attached hydrogens (tertiary/aromatic N) is 2. The topological polar surface area (TPSA) is 86.8 Å². The van der Waals surface area contributed by atoms with Gasteiger partial charge < -0.3 is 10.2 Å². The number of carbonyl (C=O) groups is 2. The minimum absolute atomic E-state index is 0.0222. The Kier molecular flexibility index (Phi) is 11.3. The van der Waals surface area contributed by atoms with E-state index in [0.29, 0.717) is 16.8 Å². The van der Waals surface area contributed by atoms with E-state index >= 15 is 0 Å². The van der Waals surface area contributed by atoms with Gasteiger partial charge in [0.15, 0.2) is 0 Å². The molecule has 0 aliphatic heterocycles. The maximum Gasteiger partial charge on any atom is 0.417 e. The van der Waals surface area contributed by atoms with E-state index in [9.17, 15) is 31.2 Å². The van der Waals surface area contributed by atoms with Crippen LogP contribution in [0.5, 0.6) is 0 Å². The first-order valence-corrected chi connectivity index (χ1v) is 15.6. The lowest BCUT2D eigenvalue weighted by atomic mass is 10.1. The Labute approximate surface area is 255 Å². The van der Waals surface area contributed by atoms with Crippen LogP contribution < -0.4 is 9.62 Å². The van der Waals surface area contributed by atoms with Crippen molar-refractivity contribution in [3.05, 3.63) is 94.5 Å². The van der Waals surface area contributed by atoms with Crippen molar-refractivity contribution in [1.82, 2.24) is 10.2 Å². The highest BCUT2D eigenvalue weighted by Gasteiger charge is 2.37. The summed E-state index contributed by atoms with van der Waals surface area (Å²) >= 11 is 5.82. The summed E-state index contributed by atoms with van der Waals surface area (Å²) < 4.78 is 69.7. The van der Waals surface area contributed by atoms with Crippen LogP contribution in [0.2, 0.25) is 5.02 Å². The first-order chi connectivity index (χ1) is 20.2. The molecule has 3 rings (SSSR count). The van der Waals surface area contributed by atoms with Crippen LogP contribution in [0.15, 0.2) is 77.7 Å². The quantitative estimate of drug-likeness (QED) is 0.243. The molecule has 0 aromatic heterocycles. The van der Waals surface area contributed by atoms with Gasteiger partial charge in [0.1, 0.15) is 12.6 Å². The number of hydrogen-bond donors (Lipinski definition) is 1. The second kappa shape index (κ2) is 14.3. The lowest BCUT2D eigenvalue weighted by molar-refractivity contribution is -0.140. The molecule has 12 heteroatoms. The zero-order valence-corrected chi connectivity index (χ0v) is 25.9. The van der Waals surface area contributed by atoms with Crippen LogP contribution in [-0.2, 0) is 32.3 Å². The van der Waals surface area contributed by atoms with E-state index in [1.807, 2.05) is 32.9 Å². The smallest absolute Gasteiger partial charge is 0.352 e. The molecule has 2 atom stereocenters. The number of rotatable bonds is 12. The van der Waals surface area contributed by atoms with Crippen molar-refractivity contribution in [1.29, 1.82) is 0 Å². The molecule has 0 fully saturated rings. The maximum atomic E-state index is 14.1. The number of hydrogen-bond acceptors (Lipinski definition) is 4. The predicted molar refractivity (Wildman–Crippen MR) is 161 cm³/mol. The van der Waals surface area contributed by atoms with Gasteiger partial charge in [-0.25, -0.2) is 8.42 Å². The first-order valence-electron chi connectivity index (χ1n) is 13.8. The van der Waals surface area contributed by atoms with E-state index in [0.717, 1.165) is 23.3 Å². The minimum atomic E-state index is -4.88. The molecule has 0 heterocycles. The molecule has 0 saturated carbocycles. The average molecular weight is 638 g/mol. The second-order valence-electron chi connectivity index (χ2n) is 10.2. The van der Waals surface area contributed by atoms with Crippen LogP contribution in [0.3, 0.4) is 0 Å². The first kappa shape index (κ1) is 33.9. The molecule has 2 amide bonds. The molecule has 232 valence electrons. The Morgan fingerprint density at radius 2 is 1.58 bits per heavy atom. The van der Waals surface area contributed by atoms with Gasteiger partial charge in [-0.1, -0.05) is 67.9 Å². The number of aryl methyl sites for hydroxylation is 1. The van der Waals surface area contributed by atoms with Gasteiger partial charge in [-0.15, -0.1) is 0 Å². The molecular formula is C31H35ClF3N3O4S. The van der Waals surface area contributed by atoms with Crippen LogP contribution in [0.1, 0.15) is 50.3 Å². The monoisotopic (exact) mass is 637 g/mol. The van der Waals surface area contributed by atoms with Crippen molar-refractivity contribution in [2.24, 2.45) is 0 Å². The van der Waals surface area contributed by atoms with Gasteiger partial charge in [-0.3, -0.25) is 13.9 Å². The summed E-state index contributed by atoms with van der Waals surface area (Å²) in [5.74, 6) is -1.18. The summed E-state index contributed by atoms with van der Waals surface area (Å²) in [6.07, 6.45) is -4.02. The molecule has 3 aromatic carbocycles. The Balaban J connectivity index is 2.15. The summed E-state index contributed by atoms with van der Waals surface area (Å²) in [5.41, 5.74) is -0.0712. The Bertz CT molecular complexity index is 1530. The van der Waals surface area contributed by atoms with Crippen molar-refractivity contribution in [2.45, 2.75) is 70.2 Å². The zero-order valence-electron chi connectivity index (χ0n) is 24.4.